The zero-order valence-corrected chi connectivity index (χ0v) is 11.6. The number of carbonyl (C=O) groups is 1. The van der Waals surface area contributed by atoms with Crippen molar-refractivity contribution in [1.29, 1.82) is 0 Å². The molecule has 0 spiro atoms. The van der Waals surface area contributed by atoms with Crippen LogP contribution in [-0.4, -0.2) is 78.9 Å². The molecule has 6 heteroatoms. The molecular formula is C13H25N3O3. The zero-order valence-electron chi connectivity index (χ0n) is 11.6. The van der Waals surface area contributed by atoms with E-state index in [4.69, 9.17) is 15.6 Å². The Morgan fingerprint density at radius 2 is 2.00 bits per heavy atom. The van der Waals surface area contributed by atoms with Crippen molar-refractivity contribution >= 4 is 5.91 Å². The van der Waals surface area contributed by atoms with Gasteiger partial charge in [0.1, 0.15) is 6.61 Å². The lowest BCUT2D eigenvalue weighted by molar-refractivity contribution is -0.137. The number of ether oxygens (including phenoxy) is 1. The number of nitrogens with zero attached hydrogens (tertiary/aromatic N) is 2. The summed E-state index contributed by atoms with van der Waals surface area (Å²) in [7, 11) is 1.75. The number of nitrogens with two attached hydrogens (primary N) is 1. The summed E-state index contributed by atoms with van der Waals surface area (Å²) < 4.78 is 5.58. The lowest BCUT2D eigenvalue weighted by atomic mass is 9.87. The van der Waals surface area contributed by atoms with Gasteiger partial charge < -0.3 is 20.5 Å². The average molecular weight is 271 g/mol. The van der Waals surface area contributed by atoms with Crippen LogP contribution in [-0.2, 0) is 9.53 Å². The van der Waals surface area contributed by atoms with Crippen LogP contribution < -0.4 is 5.73 Å². The first-order chi connectivity index (χ1) is 9.15. The van der Waals surface area contributed by atoms with Gasteiger partial charge in [-0.3, -0.25) is 9.69 Å². The number of carbonyl (C=O) groups excluding carboxylic acids is 1. The molecule has 3 unspecified atom stereocenters. The number of hydrogen-bond acceptors (Lipinski definition) is 5. The number of hydrogen-bond donors (Lipinski definition) is 2. The lowest BCUT2D eigenvalue weighted by Crippen LogP contribution is -2.57. The summed E-state index contributed by atoms with van der Waals surface area (Å²) in [6.45, 7) is 2.70. The summed E-state index contributed by atoms with van der Waals surface area (Å²) >= 11 is 0. The molecule has 3 atom stereocenters. The predicted octanol–water partition coefficient (Wildman–Crippen LogP) is -0.982. The van der Waals surface area contributed by atoms with Gasteiger partial charge in [-0.15, -0.1) is 0 Å². The molecule has 3 N–H and O–H groups in total. The van der Waals surface area contributed by atoms with E-state index in [-0.39, 0.29) is 24.7 Å². The van der Waals surface area contributed by atoms with Gasteiger partial charge in [-0.05, 0) is 19.3 Å². The van der Waals surface area contributed by atoms with E-state index in [1.807, 2.05) is 0 Å². The van der Waals surface area contributed by atoms with Crippen LogP contribution in [0.5, 0.6) is 0 Å². The second-order valence-corrected chi connectivity index (χ2v) is 5.49. The Bertz CT molecular complexity index is 306. The van der Waals surface area contributed by atoms with Crippen molar-refractivity contribution in [3.05, 3.63) is 0 Å². The molecule has 2 fully saturated rings. The minimum Gasteiger partial charge on any atom is -0.387 e. The molecule has 1 heterocycles. The first-order valence-corrected chi connectivity index (χ1v) is 7.06. The number of amides is 1. The molecular weight excluding hydrogens is 246 g/mol. The maximum atomic E-state index is 11.4. The van der Waals surface area contributed by atoms with Crippen molar-refractivity contribution in [2.45, 2.75) is 37.5 Å². The molecule has 1 saturated carbocycles. The Hall–Kier alpha value is -0.690. The normalized spacial score (nSPS) is 33.4. The van der Waals surface area contributed by atoms with Crippen molar-refractivity contribution in [1.82, 2.24) is 9.80 Å². The van der Waals surface area contributed by atoms with Crippen LogP contribution >= 0.6 is 0 Å². The Kier molecular flexibility index (Phi) is 5.15. The molecule has 1 saturated heterocycles. The molecule has 0 aromatic heterocycles. The average Bonchev–Trinajstić information content (AvgIpc) is 2.46. The molecule has 0 radical (unpaired) electrons. The predicted molar refractivity (Wildman–Crippen MR) is 71.7 cm³/mol. The summed E-state index contributed by atoms with van der Waals surface area (Å²) in [6, 6.07) is 0.662. The van der Waals surface area contributed by atoms with E-state index in [2.05, 4.69) is 4.90 Å². The van der Waals surface area contributed by atoms with Gasteiger partial charge in [0.15, 0.2) is 0 Å². The maximum absolute atomic E-state index is 11.4. The van der Waals surface area contributed by atoms with Crippen molar-refractivity contribution in [2.75, 3.05) is 39.9 Å². The van der Waals surface area contributed by atoms with Gasteiger partial charge in [0.25, 0.3) is 0 Å². The number of rotatable bonds is 3. The van der Waals surface area contributed by atoms with Crippen LogP contribution in [0, 0.1) is 0 Å². The number of aliphatic hydroxyl groups excluding tert-OH is 1. The Labute approximate surface area is 114 Å². The highest BCUT2D eigenvalue weighted by atomic mass is 16.5. The number of aliphatic hydroxyl groups is 1. The highest BCUT2D eigenvalue weighted by Crippen LogP contribution is 2.25. The van der Waals surface area contributed by atoms with Gasteiger partial charge in [-0.25, -0.2) is 0 Å². The summed E-state index contributed by atoms with van der Waals surface area (Å²) in [4.78, 5) is 15.6. The first-order valence-electron chi connectivity index (χ1n) is 7.06. The highest BCUT2D eigenvalue weighted by molar-refractivity contribution is 5.77. The van der Waals surface area contributed by atoms with Crippen LogP contribution in [0.4, 0.5) is 0 Å². The van der Waals surface area contributed by atoms with Crippen LogP contribution in [0.3, 0.4) is 0 Å². The van der Waals surface area contributed by atoms with E-state index < -0.39 is 0 Å². The minimum atomic E-state index is -0.390. The van der Waals surface area contributed by atoms with Gasteiger partial charge >= 0.3 is 0 Å². The van der Waals surface area contributed by atoms with E-state index in [9.17, 15) is 4.79 Å². The molecule has 2 rings (SSSR count). The van der Waals surface area contributed by atoms with Gasteiger partial charge in [-0.1, -0.05) is 0 Å². The standard InChI is InChI=1S/C13H25N3O3/c1-19-12-8-10(14)2-3-11(12)15-4-6-16(7-5-15)13(18)9-17/h10-12,17H,2-9,14H2,1H3. The molecule has 1 aliphatic heterocycles. The molecule has 1 amide bonds. The molecule has 0 bridgehead atoms. The summed E-state index contributed by atoms with van der Waals surface area (Å²) in [5.41, 5.74) is 5.99. The van der Waals surface area contributed by atoms with Crippen LogP contribution in [0.1, 0.15) is 19.3 Å². The lowest BCUT2D eigenvalue weighted by Gasteiger charge is -2.44. The number of methoxy groups -OCH3 is 1. The summed E-state index contributed by atoms with van der Waals surface area (Å²) in [5, 5.41) is 8.87. The molecule has 2 aliphatic rings. The maximum Gasteiger partial charge on any atom is 0.248 e. The topological polar surface area (TPSA) is 79.0 Å². The quantitative estimate of drug-likeness (QED) is 0.689. The highest BCUT2D eigenvalue weighted by Gasteiger charge is 2.35. The van der Waals surface area contributed by atoms with E-state index in [0.717, 1.165) is 32.4 Å². The van der Waals surface area contributed by atoms with Crippen LogP contribution in [0.25, 0.3) is 0 Å². The monoisotopic (exact) mass is 271 g/mol. The van der Waals surface area contributed by atoms with Gasteiger partial charge in [0.2, 0.25) is 5.91 Å². The fraction of sp³-hybridized carbons (Fsp3) is 0.923. The van der Waals surface area contributed by atoms with Crippen molar-refractivity contribution in [2.24, 2.45) is 5.73 Å². The fourth-order valence-corrected chi connectivity index (χ4v) is 3.22. The third-order valence-corrected chi connectivity index (χ3v) is 4.37. The Morgan fingerprint density at radius 1 is 1.32 bits per heavy atom. The van der Waals surface area contributed by atoms with Crippen LogP contribution in [0.2, 0.25) is 0 Å². The van der Waals surface area contributed by atoms with E-state index in [1.54, 1.807) is 12.0 Å². The fourth-order valence-electron chi connectivity index (χ4n) is 3.22. The Morgan fingerprint density at radius 3 is 2.58 bits per heavy atom. The largest absolute Gasteiger partial charge is 0.387 e. The van der Waals surface area contributed by atoms with E-state index in [0.29, 0.717) is 19.1 Å². The van der Waals surface area contributed by atoms with E-state index in [1.165, 1.54) is 0 Å². The molecule has 0 aromatic carbocycles. The van der Waals surface area contributed by atoms with Gasteiger partial charge in [-0.2, -0.15) is 0 Å². The molecule has 19 heavy (non-hydrogen) atoms. The Balaban J connectivity index is 1.88. The third kappa shape index (κ3) is 3.45. The smallest absolute Gasteiger partial charge is 0.248 e. The SMILES string of the molecule is COC1CC(N)CCC1N1CCN(C(=O)CO)CC1. The molecule has 1 aliphatic carbocycles. The molecule has 110 valence electrons. The van der Waals surface area contributed by atoms with Crippen molar-refractivity contribution in [3.63, 3.8) is 0 Å². The number of piperazine rings is 1. The van der Waals surface area contributed by atoms with Gasteiger partial charge in [0.05, 0.1) is 6.10 Å². The second-order valence-electron chi connectivity index (χ2n) is 5.49. The van der Waals surface area contributed by atoms with Crippen molar-refractivity contribution < 1.29 is 14.6 Å². The second kappa shape index (κ2) is 6.65. The minimum absolute atomic E-state index is 0.173. The van der Waals surface area contributed by atoms with Crippen molar-refractivity contribution in [3.8, 4) is 0 Å². The molecule has 0 aromatic rings. The summed E-state index contributed by atoms with van der Waals surface area (Å²) in [5.74, 6) is -0.173. The van der Waals surface area contributed by atoms with Crippen LogP contribution in [0.15, 0.2) is 0 Å². The zero-order chi connectivity index (χ0) is 13.8. The summed E-state index contributed by atoms with van der Waals surface area (Å²) in [6.07, 6.45) is 3.22. The van der Waals surface area contributed by atoms with Gasteiger partial charge in [0, 0.05) is 45.4 Å². The third-order valence-electron chi connectivity index (χ3n) is 4.37. The van der Waals surface area contributed by atoms with E-state index >= 15 is 0 Å². The molecule has 6 nitrogen and oxygen atoms in total. The first kappa shape index (κ1) is 14.7.